The maximum absolute atomic E-state index is 14.0. The van der Waals surface area contributed by atoms with Crippen molar-refractivity contribution >= 4 is 15.7 Å². The molecule has 1 amide bonds. The van der Waals surface area contributed by atoms with E-state index in [9.17, 15) is 22.7 Å². The second kappa shape index (κ2) is 8.32. The molecule has 2 rings (SSSR count). The number of halogens is 1. The summed E-state index contributed by atoms with van der Waals surface area (Å²) in [6.07, 6.45) is 1.97. The maximum Gasteiger partial charge on any atom is 0.256 e. The van der Waals surface area contributed by atoms with Crippen LogP contribution in [0.1, 0.15) is 18.4 Å². The number of hydrogen-bond donors (Lipinski definition) is 2. The van der Waals surface area contributed by atoms with Gasteiger partial charge >= 0.3 is 0 Å². The summed E-state index contributed by atoms with van der Waals surface area (Å²) in [5.41, 5.74) is -1.31. The van der Waals surface area contributed by atoms with Crippen molar-refractivity contribution in [3.63, 3.8) is 0 Å². The van der Waals surface area contributed by atoms with Gasteiger partial charge < -0.3 is 20.1 Å². The molecule has 9 heteroatoms. The molecule has 1 aliphatic heterocycles. The molecule has 0 spiro atoms. The van der Waals surface area contributed by atoms with Gasteiger partial charge in [0, 0.05) is 38.0 Å². The van der Waals surface area contributed by atoms with Crippen molar-refractivity contribution in [1.29, 1.82) is 0 Å². The van der Waals surface area contributed by atoms with Crippen molar-refractivity contribution in [3.05, 3.63) is 29.6 Å². The first-order chi connectivity index (χ1) is 12.1. The summed E-state index contributed by atoms with van der Waals surface area (Å²) in [6, 6.07) is 4.31. The standard InChI is InChI=1S/C17H25FN2O5S/c1-25-14-4-5-15(18)13(10-14)11-20-8-3-6-17(22,16(20)21)12-19-7-9-26(2,23)24/h4-5,10,19,22H,3,6-9,11-12H2,1-2H3. The zero-order valence-corrected chi connectivity index (χ0v) is 15.8. The first kappa shape index (κ1) is 20.6. The Morgan fingerprint density at radius 1 is 1.42 bits per heavy atom. The summed E-state index contributed by atoms with van der Waals surface area (Å²) < 4.78 is 41.4. The Kier molecular flexibility index (Phi) is 6.59. The summed E-state index contributed by atoms with van der Waals surface area (Å²) in [4.78, 5) is 14.1. The number of aliphatic hydroxyl groups is 1. The quantitative estimate of drug-likeness (QED) is 0.623. The SMILES string of the molecule is COc1ccc(F)c(CN2CCCC(O)(CNCCS(C)(=O)=O)C2=O)c1. The number of amides is 1. The van der Waals surface area contributed by atoms with Crippen LogP contribution in [0, 0.1) is 5.82 Å². The minimum Gasteiger partial charge on any atom is -0.497 e. The van der Waals surface area contributed by atoms with Gasteiger partial charge in [0.1, 0.15) is 21.4 Å². The van der Waals surface area contributed by atoms with Crippen LogP contribution in [0.2, 0.25) is 0 Å². The van der Waals surface area contributed by atoms with E-state index in [-0.39, 0.29) is 31.8 Å². The van der Waals surface area contributed by atoms with Crippen LogP contribution in [0.3, 0.4) is 0 Å². The molecule has 2 N–H and O–H groups in total. The molecule has 0 aliphatic carbocycles. The number of ether oxygens (including phenoxy) is 1. The van der Waals surface area contributed by atoms with Crippen LogP contribution in [-0.4, -0.2) is 68.7 Å². The molecular weight excluding hydrogens is 363 g/mol. The van der Waals surface area contributed by atoms with E-state index < -0.39 is 27.2 Å². The zero-order chi connectivity index (χ0) is 19.4. The molecule has 0 saturated carbocycles. The van der Waals surface area contributed by atoms with Gasteiger partial charge in [-0.1, -0.05) is 0 Å². The lowest BCUT2D eigenvalue weighted by Crippen LogP contribution is -2.58. The Labute approximate surface area is 153 Å². The second-order valence-corrected chi connectivity index (χ2v) is 8.89. The van der Waals surface area contributed by atoms with Gasteiger partial charge in [-0.2, -0.15) is 0 Å². The molecule has 1 unspecified atom stereocenters. The average molecular weight is 388 g/mol. The molecule has 7 nitrogen and oxygen atoms in total. The Balaban J connectivity index is 2.02. The number of benzene rings is 1. The lowest BCUT2D eigenvalue weighted by molar-refractivity contribution is -0.157. The number of carbonyl (C=O) groups excluding carboxylic acids is 1. The number of nitrogens with zero attached hydrogens (tertiary/aromatic N) is 1. The first-order valence-electron chi connectivity index (χ1n) is 8.37. The summed E-state index contributed by atoms with van der Waals surface area (Å²) in [5, 5.41) is 13.5. The molecule has 1 aromatic carbocycles. The largest absolute Gasteiger partial charge is 0.497 e. The van der Waals surface area contributed by atoms with Gasteiger partial charge in [-0.05, 0) is 31.0 Å². The number of piperidine rings is 1. The highest BCUT2D eigenvalue weighted by Gasteiger charge is 2.41. The van der Waals surface area contributed by atoms with Crippen molar-refractivity contribution in [2.24, 2.45) is 0 Å². The summed E-state index contributed by atoms with van der Waals surface area (Å²) in [7, 11) is -1.64. The minimum atomic E-state index is -3.12. The average Bonchev–Trinajstić information content (AvgIpc) is 2.57. The minimum absolute atomic E-state index is 0.0352. The Bertz CT molecular complexity index is 756. The van der Waals surface area contributed by atoms with E-state index in [0.29, 0.717) is 24.3 Å². The number of likely N-dealkylation sites (tertiary alicyclic amines) is 1. The smallest absolute Gasteiger partial charge is 0.256 e. The third-order valence-corrected chi connectivity index (χ3v) is 5.33. The fourth-order valence-electron chi connectivity index (χ4n) is 2.94. The number of methoxy groups -OCH3 is 1. The van der Waals surface area contributed by atoms with E-state index in [2.05, 4.69) is 5.32 Å². The van der Waals surface area contributed by atoms with Gasteiger partial charge in [0.15, 0.2) is 5.60 Å². The van der Waals surface area contributed by atoms with Crippen LogP contribution in [-0.2, 0) is 21.2 Å². The van der Waals surface area contributed by atoms with Gasteiger partial charge in [0.2, 0.25) is 0 Å². The third kappa shape index (κ3) is 5.39. The van der Waals surface area contributed by atoms with Crippen LogP contribution in [0.4, 0.5) is 4.39 Å². The maximum atomic E-state index is 14.0. The molecule has 1 aromatic rings. The van der Waals surface area contributed by atoms with Crippen molar-refractivity contribution in [2.75, 3.05) is 38.8 Å². The number of nitrogens with one attached hydrogen (secondary N) is 1. The molecule has 0 aromatic heterocycles. The van der Waals surface area contributed by atoms with Crippen molar-refractivity contribution < 1.29 is 27.4 Å². The van der Waals surface area contributed by atoms with Crippen LogP contribution < -0.4 is 10.1 Å². The fourth-order valence-corrected chi connectivity index (χ4v) is 3.45. The van der Waals surface area contributed by atoms with Gasteiger partial charge in [0.25, 0.3) is 5.91 Å². The van der Waals surface area contributed by atoms with E-state index in [1.165, 1.54) is 30.2 Å². The van der Waals surface area contributed by atoms with E-state index >= 15 is 0 Å². The molecule has 1 saturated heterocycles. The topological polar surface area (TPSA) is 95.9 Å². The number of sulfone groups is 1. The first-order valence-corrected chi connectivity index (χ1v) is 10.4. The fraction of sp³-hybridized carbons (Fsp3) is 0.588. The van der Waals surface area contributed by atoms with Gasteiger partial charge in [-0.15, -0.1) is 0 Å². The van der Waals surface area contributed by atoms with Gasteiger partial charge in [0.05, 0.1) is 12.9 Å². The summed E-state index contributed by atoms with van der Waals surface area (Å²) in [5.74, 6) is -0.518. The number of hydrogen-bond acceptors (Lipinski definition) is 6. The third-order valence-electron chi connectivity index (χ3n) is 4.38. The lowest BCUT2D eigenvalue weighted by atomic mass is 9.91. The molecule has 0 bridgehead atoms. The Morgan fingerprint density at radius 2 is 2.15 bits per heavy atom. The highest BCUT2D eigenvalue weighted by Crippen LogP contribution is 2.25. The Hall–Kier alpha value is -1.71. The number of rotatable bonds is 8. The van der Waals surface area contributed by atoms with Gasteiger partial charge in [-0.25, -0.2) is 12.8 Å². The highest BCUT2D eigenvalue weighted by atomic mass is 32.2. The van der Waals surface area contributed by atoms with Crippen LogP contribution in [0.5, 0.6) is 5.75 Å². The molecular formula is C17H25FN2O5S. The monoisotopic (exact) mass is 388 g/mol. The van der Waals surface area contributed by atoms with Crippen LogP contribution in [0.15, 0.2) is 18.2 Å². The second-order valence-electron chi connectivity index (χ2n) is 6.63. The molecule has 1 fully saturated rings. The predicted octanol–water partition coefficient (Wildman–Crippen LogP) is 0.322. The van der Waals surface area contributed by atoms with Crippen LogP contribution >= 0.6 is 0 Å². The van der Waals surface area contributed by atoms with Crippen molar-refractivity contribution in [1.82, 2.24) is 10.2 Å². The number of carbonyl (C=O) groups is 1. The molecule has 1 atom stereocenters. The zero-order valence-electron chi connectivity index (χ0n) is 15.0. The van der Waals surface area contributed by atoms with E-state index in [4.69, 9.17) is 4.74 Å². The van der Waals surface area contributed by atoms with E-state index in [1.807, 2.05) is 0 Å². The molecule has 1 aliphatic rings. The molecule has 146 valence electrons. The molecule has 1 heterocycles. The molecule has 26 heavy (non-hydrogen) atoms. The molecule has 0 radical (unpaired) electrons. The van der Waals surface area contributed by atoms with Crippen molar-refractivity contribution in [3.8, 4) is 5.75 Å². The van der Waals surface area contributed by atoms with Gasteiger partial charge in [-0.3, -0.25) is 4.79 Å². The highest BCUT2D eigenvalue weighted by molar-refractivity contribution is 7.90. The van der Waals surface area contributed by atoms with Crippen LogP contribution in [0.25, 0.3) is 0 Å². The summed E-state index contributed by atoms with van der Waals surface area (Å²) in [6.45, 7) is 0.562. The normalized spacial score (nSPS) is 21.1. The summed E-state index contributed by atoms with van der Waals surface area (Å²) >= 11 is 0. The van der Waals surface area contributed by atoms with E-state index in [1.54, 1.807) is 0 Å². The van der Waals surface area contributed by atoms with Crippen molar-refractivity contribution in [2.45, 2.75) is 25.0 Å². The predicted molar refractivity (Wildman–Crippen MR) is 95.1 cm³/mol. The Morgan fingerprint density at radius 3 is 2.81 bits per heavy atom. The lowest BCUT2D eigenvalue weighted by Gasteiger charge is -2.38. The van der Waals surface area contributed by atoms with E-state index in [0.717, 1.165) is 6.26 Å².